The molecule has 0 spiro atoms. The molecule has 3 heterocycles. The zero-order valence-electron chi connectivity index (χ0n) is 65.0. The van der Waals surface area contributed by atoms with E-state index >= 15 is 4.79 Å². The van der Waals surface area contributed by atoms with Gasteiger partial charge in [-0.05, 0) is 103 Å². The number of hydrogen-bond acceptors (Lipinski definition) is 22. The molecule has 27 heteroatoms. The molecule has 12 rings (SSSR count). The van der Waals surface area contributed by atoms with Crippen molar-refractivity contribution in [2.24, 2.45) is 5.11 Å². The van der Waals surface area contributed by atoms with Gasteiger partial charge in [0.2, 0.25) is 0 Å². The summed E-state index contributed by atoms with van der Waals surface area (Å²) in [6.45, 7) is 6.85. The summed E-state index contributed by atoms with van der Waals surface area (Å²) in [6.07, 6.45) is -22.5. The molecule has 1 N–H and O–H groups in total. The third kappa shape index (κ3) is 22.0. The highest BCUT2D eigenvalue weighted by Crippen LogP contribution is 2.42. The van der Waals surface area contributed by atoms with Crippen LogP contribution in [0.1, 0.15) is 90.4 Å². The average Bonchev–Trinajstić information content (AvgIpc) is 0.746. The number of ether oxygens (including phenoxy) is 14. The fraction of sp³-hybridized carbons (Fsp3) is 0.348. The van der Waals surface area contributed by atoms with Crippen molar-refractivity contribution < 1.29 is 99.5 Å². The number of carbonyl (C=O) groups excluding carboxylic acids is 6. The molecule has 9 aromatic rings. The van der Waals surface area contributed by atoms with Gasteiger partial charge in [0, 0.05) is 29.8 Å². The van der Waals surface area contributed by atoms with E-state index in [1.54, 1.807) is 84.9 Å². The molecule has 3 saturated heterocycles. The maximum atomic E-state index is 15.4. The molecule has 3 aliphatic heterocycles. The number of rotatable bonds is 34. The van der Waals surface area contributed by atoms with Crippen molar-refractivity contribution in [2.75, 3.05) is 26.9 Å². The Hall–Kier alpha value is -10.3. The molecule has 1 amide bonds. The SMILES string of the molecule is CO[C@H]1O[C@H](COCc2ccc3ccccc3c2)[C@@H](O[C@@H]2O[C@@H](COC(C)=O)[C@@H](O[C@H]3O[C@H](CO[Si](c4ccccc4)(c4ccccc4)C(C)(C)C)[C@@H](OC(=O)CCC(C)=O)[C@H](OCc4ccc(Br)cc4)[C@H]3N=[N+]=[N-])[C@H](OCc3ccccc3)[C@H]2OC(=O)c2ccccc2)[C@H](OC(=O)c2ccccc2)[C@H]1NC(=O)OCc1ccccc1. The second kappa shape index (κ2) is 41.0. The number of halogens is 1. The zero-order chi connectivity index (χ0) is 81.6. The zero-order valence-corrected chi connectivity index (χ0v) is 67.6. The number of benzene rings is 9. The monoisotopic (exact) mass is 1660 g/mol. The van der Waals surface area contributed by atoms with Crippen LogP contribution in [0.15, 0.2) is 258 Å². The lowest BCUT2D eigenvalue weighted by molar-refractivity contribution is -0.370. The van der Waals surface area contributed by atoms with E-state index in [-0.39, 0.29) is 69.4 Å². The first-order chi connectivity index (χ1) is 56.2. The number of nitrogens with one attached hydrogen (secondary N) is 1. The van der Waals surface area contributed by atoms with Crippen molar-refractivity contribution in [2.45, 2.75) is 171 Å². The molecule has 15 atom stereocenters. The van der Waals surface area contributed by atoms with Crippen molar-refractivity contribution in [3.8, 4) is 0 Å². The van der Waals surface area contributed by atoms with Crippen LogP contribution < -0.4 is 15.7 Å². The Morgan fingerprint density at radius 1 is 0.483 bits per heavy atom. The lowest BCUT2D eigenvalue weighted by Gasteiger charge is -2.51. The molecule has 0 bridgehead atoms. The minimum atomic E-state index is -3.56. The maximum absolute atomic E-state index is 15.4. The van der Waals surface area contributed by atoms with Crippen molar-refractivity contribution in [3.05, 3.63) is 297 Å². The molecule has 25 nitrogen and oxygen atoms in total. The highest BCUT2D eigenvalue weighted by Gasteiger charge is 2.60. The molecule has 0 unspecified atom stereocenters. The number of esters is 4. The van der Waals surface area contributed by atoms with E-state index in [0.717, 1.165) is 31.2 Å². The second-order valence-electron chi connectivity index (χ2n) is 29.3. The molecule has 606 valence electrons. The average molecular weight is 1660 g/mol. The minimum absolute atomic E-state index is 0.0127. The quantitative estimate of drug-likeness (QED) is 0.00978. The molecule has 116 heavy (non-hydrogen) atoms. The number of fused-ring (bicyclic) bond motifs is 1. The summed E-state index contributed by atoms with van der Waals surface area (Å²) in [5, 5.41) is 10.3. The van der Waals surface area contributed by atoms with Crippen molar-refractivity contribution in [3.63, 3.8) is 0 Å². The number of alkyl carbamates (subject to hydrolysis) is 1. The van der Waals surface area contributed by atoms with Gasteiger partial charge < -0.3 is 80.9 Å². The minimum Gasteiger partial charge on any atom is -0.463 e. The third-order valence-corrected chi connectivity index (χ3v) is 25.7. The smallest absolute Gasteiger partial charge is 0.407 e. The number of azide groups is 1. The predicted molar refractivity (Wildman–Crippen MR) is 432 cm³/mol. The number of hydrogen-bond donors (Lipinski definition) is 1. The van der Waals surface area contributed by atoms with Crippen LogP contribution >= 0.6 is 15.9 Å². The van der Waals surface area contributed by atoms with Gasteiger partial charge in [-0.15, -0.1) is 0 Å². The Kier molecular flexibility index (Phi) is 30.0. The fourth-order valence-electron chi connectivity index (χ4n) is 14.5. The summed E-state index contributed by atoms with van der Waals surface area (Å²) in [6, 6.07) is 71.5. The Balaban J connectivity index is 1.01. The molecule has 3 fully saturated rings. The molecule has 0 aromatic heterocycles. The van der Waals surface area contributed by atoms with Gasteiger partial charge in [-0.2, -0.15) is 0 Å². The first kappa shape index (κ1) is 85.0. The Morgan fingerprint density at radius 3 is 1.55 bits per heavy atom. The van der Waals surface area contributed by atoms with E-state index in [1.165, 1.54) is 45.2 Å². The van der Waals surface area contributed by atoms with Crippen molar-refractivity contribution >= 4 is 81.1 Å². The molecular formula is C89H93BrN4O21Si. The van der Waals surface area contributed by atoms with Gasteiger partial charge in [-0.25, -0.2) is 14.4 Å². The summed E-state index contributed by atoms with van der Waals surface area (Å²) in [4.78, 5) is 88.8. The summed E-state index contributed by atoms with van der Waals surface area (Å²) in [5.74, 6) is -3.69. The van der Waals surface area contributed by atoms with Gasteiger partial charge in [0.1, 0.15) is 73.8 Å². The van der Waals surface area contributed by atoms with Gasteiger partial charge in [0.05, 0.1) is 50.6 Å². The number of amides is 1. The van der Waals surface area contributed by atoms with Gasteiger partial charge in [0.25, 0.3) is 8.32 Å². The Labute approximate surface area is 682 Å². The van der Waals surface area contributed by atoms with Crippen LogP contribution in [-0.4, -0.2) is 163 Å². The van der Waals surface area contributed by atoms with E-state index < -0.39 is 142 Å². The van der Waals surface area contributed by atoms with Crippen LogP contribution in [-0.2, 0) is 112 Å². The number of carbonyl (C=O) groups is 6. The van der Waals surface area contributed by atoms with E-state index in [2.05, 4.69) is 52.0 Å². The lowest BCUT2D eigenvalue weighted by Crippen LogP contribution is -2.70. The number of methoxy groups -OCH3 is 1. The van der Waals surface area contributed by atoms with Crippen LogP contribution in [0.4, 0.5) is 4.79 Å². The van der Waals surface area contributed by atoms with Gasteiger partial charge in [0.15, 0.2) is 37.2 Å². The molecule has 0 saturated carbocycles. The summed E-state index contributed by atoms with van der Waals surface area (Å²) >= 11 is 3.53. The fourth-order valence-corrected chi connectivity index (χ4v) is 19.3. The van der Waals surface area contributed by atoms with Crippen molar-refractivity contribution in [1.29, 1.82) is 0 Å². The maximum Gasteiger partial charge on any atom is 0.407 e. The van der Waals surface area contributed by atoms with Crippen LogP contribution in [0.3, 0.4) is 0 Å². The summed E-state index contributed by atoms with van der Waals surface area (Å²) < 4.78 is 103. The molecule has 9 aromatic carbocycles. The molecule has 3 aliphatic rings. The highest BCUT2D eigenvalue weighted by atomic mass is 79.9. The van der Waals surface area contributed by atoms with Crippen LogP contribution in [0.2, 0.25) is 5.04 Å². The topological polar surface area (TPSA) is 302 Å². The van der Waals surface area contributed by atoms with Gasteiger partial charge >= 0.3 is 30.0 Å². The molecule has 0 aliphatic carbocycles. The van der Waals surface area contributed by atoms with E-state index in [9.17, 15) is 29.5 Å². The Bertz CT molecular complexity index is 4710. The lowest BCUT2D eigenvalue weighted by atomic mass is 9.94. The number of nitrogens with zero attached hydrogens (tertiary/aromatic N) is 3. The van der Waals surface area contributed by atoms with Crippen LogP contribution in [0.5, 0.6) is 0 Å². The number of Topliss-reactive ketones (excluding diaryl/α,β-unsaturated/α-hetero) is 1. The Morgan fingerprint density at radius 2 is 0.974 bits per heavy atom. The highest BCUT2D eigenvalue weighted by molar-refractivity contribution is 9.10. The summed E-state index contributed by atoms with van der Waals surface area (Å²) in [5.41, 5.74) is 13.8. The van der Waals surface area contributed by atoms with Crippen molar-refractivity contribution in [1.82, 2.24) is 5.32 Å². The largest absolute Gasteiger partial charge is 0.463 e. The van der Waals surface area contributed by atoms with Crippen LogP contribution in [0, 0.1) is 0 Å². The first-order valence-electron chi connectivity index (χ1n) is 38.2. The molecular weight excluding hydrogens is 1570 g/mol. The van der Waals surface area contributed by atoms with E-state index in [4.69, 9.17) is 70.7 Å². The van der Waals surface area contributed by atoms with E-state index in [0.29, 0.717) is 16.7 Å². The molecule has 0 radical (unpaired) electrons. The standard InChI is InChI=1S/C89H93BrN4O21Si/c1-57(95)41-48-73(97)111-76-72(56-107-116(89(3,4)5,68-37-21-11-22-38-68)69-39-23-12-24-40-69)109-86(75(93-94-91)79(76)104-52-61-43-46-67(90)47-44-61)114-78-71(55-103-58(2)96)110-87(82(113-84(99)65-34-19-10-20-35-65)81(78)105-51-59-27-13-7-14-28-59)115-77-70(54-102-50-62-42-45-63-31-25-26-36-66(63)49-62)108-85(101-6)74(80(77)112-83(98)64-32-17-9-18-33-64)92-88(100)106-53-60-29-15-8-16-30-60/h7-40,42-47,49,70-72,74-82,85-87H,41,48,50-56H2,1-6H3,(H,92,100)/t70-,71+,72-,74-,75-,76-,77-,78-,79-,80-,81+,82-,85+,86-,87+/m1/s1. The second-order valence-corrected chi connectivity index (χ2v) is 34.5. The first-order valence-corrected chi connectivity index (χ1v) is 40.9. The summed E-state index contributed by atoms with van der Waals surface area (Å²) in [7, 11) is -2.22. The third-order valence-electron chi connectivity index (χ3n) is 20.1. The van der Waals surface area contributed by atoms with Gasteiger partial charge in [-0.3, -0.25) is 9.59 Å². The van der Waals surface area contributed by atoms with Crippen LogP contribution in [0.25, 0.3) is 21.2 Å². The predicted octanol–water partition coefficient (Wildman–Crippen LogP) is 13.7. The normalized spacial score (nSPS) is 23.4. The number of ketones is 1. The van der Waals surface area contributed by atoms with Gasteiger partial charge in [-0.1, -0.05) is 248 Å². The van der Waals surface area contributed by atoms with E-state index in [1.807, 2.05) is 140 Å².